The van der Waals surface area contributed by atoms with Crippen LogP contribution in [0.4, 0.5) is 4.79 Å². The molecular weight excluding hydrogens is 288 g/mol. The molecule has 2 rings (SSSR count). The lowest BCUT2D eigenvalue weighted by atomic mass is 9.78. The van der Waals surface area contributed by atoms with E-state index in [9.17, 15) is 9.90 Å². The molecule has 3 N–H and O–H groups in total. The fourth-order valence-electron chi connectivity index (χ4n) is 3.23. The summed E-state index contributed by atoms with van der Waals surface area (Å²) in [4.78, 5) is 12.2. The summed E-state index contributed by atoms with van der Waals surface area (Å²) in [5, 5.41) is 15.7. The first-order chi connectivity index (χ1) is 10.9. The van der Waals surface area contributed by atoms with E-state index in [1.165, 1.54) is 5.56 Å². The third-order valence-corrected chi connectivity index (χ3v) is 5.25. The van der Waals surface area contributed by atoms with E-state index in [0.29, 0.717) is 12.5 Å². The van der Waals surface area contributed by atoms with E-state index in [4.69, 9.17) is 0 Å². The Morgan fingerprint density at radius 2 is 2.00 bits per heavy atom. The van der Waals surface area contributed by atoms with Crippen molar-refractivity contribution >= 4 is 6.03 Å². The van der Waals surface area contributed by atoms with Crippen LogP contribution < -0.4 is 10.6 Å². The minimum absolute atomic E-state index is 0.0156. The zero-order valence-electron chi connectivity index (χ0n) is 14.5. The number of nitrogens with one attached hydrogen (secondary N) is 2. The van der Waals surface area contributed by atoms with Gasteiger partial charge in [0, 0.05) is 18.0 Å². The molecule has 3 atom stereocenters. The molecule has 1 aliphatic carbocycles. The van der Waals surface area contributed by atoms with Gasteiger partial charge in [-0.2, -0.15) is 0 Å². The van der Waals surface area contributed by atoms with E-state index in [-0.39, 0.29) is 23.6 Å². The molecule has 0 aromatic heterocycles. The van der Waals surface area contributed by atoms with Gasteiger partial charge in [0.1, 0.15) is 0 Å². The van der Waals surface area contributed by atoms with Gasteiger partial charge in [0.2, 0.25) is 0 Å². The second-order valence-electron chi connectivity index (χ2n) is 7.35. The first-order valence-corrected chi connectivity index (χ1v) is 8.67. The lowest BCUT2D eigenvalue weighted by molar-refractivity contribution is 0.101. The van der Waals surface area contributed by atoms with Gasteiger partial charge in [-0.1, -0.05) is 50.6 Å². The summed E-state index contributed by atoms with van der Waals surface area (Å²) in [7, 11) is 0. The molecule has 0 radical (unpaired) electrons. The summed E-state index contributed by atoms with van der Waals surface area (Å²) < 4.78 is 0. The molecule has 0 heterocycles. The van der Waals surface area contributed by atoms with E-state index < -0.39 is 0 Å². The van der Waals surface area contributed by atoms with Crippen LogP contribution in [-0.4, -0.2) is 29.8 Å². The standard InChI is InChI=1S/C19H30N2O2/c1-14(19(2,3)16-9-5-4-6-10-16)21-18(23)20-13-15-8-7-11-17(22)12-15/h4-6,9-10,14-15,17,22H,7-8,11-13H2,1-3H3,(H2,20,21,23). The van der Waals surface area contributed by atoms with Gasteiger partial charge in [-0.15, -0.1) is 0 Å². The van der Waals surface area contributed by atoms with E-state index in [1.54, 1.807) is 0 Å². The number of rotatable bonds is 5. The molecule has 0 aliphatic heterocycles. The van der Waals surface area contributed by atoms with Crippen molar-refractivity contribution in [2.75, 3.05) is 6.54 Å². The van der Waals surface area contributed by atoms with Crippen LogP contribution in [0, 0.1) is 5.92 Å². The molecule has 0 saturated heterocycles. The van der Waals surface area contributed by atoms with E-state index in [1.807, 2.05) is 25.1 Å². The van der Waals surface area contributed by atoms with Gasteiger partial charge in [-0.25, -0.2) is 4.79 Å². The number of hydrogen-bond donors (Lipinski definition) is 3. The predicted molar refractivity (Wildman–Crippen MR) is 93.4 cm³/mol. The van der Waals surface area contributed by atoms with Crippen LogP contribution in [-0.2, 0) is 5.41 Å². The second-order valence-corrected chi connectivity index (χ2v) is 7.35. The van der Waals surface area contributed by atoms with Crippen LogP contribution in [0.1, 0.15) is 52.0 Å². The van der Waals surface area contributed by atoms with E-state index in [0.717, 1.165) is 25.7 Å². The van der Waals surface area contributed by atoms with Crippen molar-refractivity contribution in [1.29, 1.82) is 0 Å². The van der Waals surface area contributed by atoms with Crippen molar-refractivity contribution in [1.82, 2.24) is 10.6 Å². The Kier molecular flexibility index (Phi) is 6.05. The summed E-state index contributed by atoms with van der Waals surface area (Å²) in [5.74, 6) is 0.391. The number of aliphatic hydroxyl groups excluding tert-OH is 1. The molecule has 2 amide bonds. The van der Waals surface area contributed by atoms with Crippen LogP contribution in [0.5, 0.6) is 0 Å². The minimum atomic E-state index is -0.199. The summed E-state index contributed by atoms with van der Waals surface area (Å²) in [6, 6.07) is 10.1. The predicted octanol–water partition coefficient (Wildman–Crippen LogP) is 3.20. The fourth-order valence-corrected chi connectivity index (χ4v) is 3.23. The molecule has 0 spiro atoms. The van der Waals surface area contributed by atoms with Gasteiger partial charge in [0.25, 0.3) is 0 Å². The molecule has 23 heavy (non-hydrogen) atoms. The number of hydrogen-bond acceptors (Lipinski definition) is 2. The van der Waals surface area contributed by atoms with Crippen LogP contribution in [0.25, 0.3) is 0 Å². The quantitative estimate of drug-likeness (QED) is 0.781. The third kappa shape index (κ3) is 4.96. The second kappa shape index (κ2) is 7.82. The summed E-state index contributed by atoms with van der Waals surface area (Å²) in [5.41, 5.74) is 1.07. The zero-order valence-corrected chi connectivity index (χ0v) is 14.5. The Morgan fingerprint density at radius 3 is 2.65 bits per heavy atom. The number of benzene rings is 1. The maximum atomic E-state index is 12.2. The summed E-state index contributed by atoms with van der Waals surface area (Å²) in [6.45, 7) is 6.97. The van der Waals surface area contributed by atoms with Crippen LogP contribution in [0.3, 0.4) is 0 Å². The highest BCUT2D eigenvalue weighted by Crippen LogP contribution is 2.27. The monoisotopic (exact) mass is 318 g/mol. The molecule has 1 fully saturated rings. The van der Waals surface area contributed by atoms with Crippen molar-refractivity contribution in [2.45, 2.75) is 64.0 Å². The molecule has 1 aliphatic rings. The molecule has 4 heteroatoms. The lowest BCUT2D eigenvalue weighted by Gasteiger charge is -2.33. The molecule has 3 unspecified atom stereocenters. The molecule has 1 saturated carbocycles. The van der Waals surface area contributed by atoms with Crippen molar-refractivity contribution in [3.8, 4) is 0 Å². The average Bonchev–Trinajstić information content (AvgIpc) is 2.54. The maximum absolute atomic E-state index is 12.2. The summed E-state index contributed by atoms with van der Waals surface area (Å²) >= 11 is 0. The molecule has 128 valence electrons. The van der Waals surface area contributed by atoms with Gasteiger partial charge in [0.15, 0.2) is 0 Å². The number of carbonyl (C=O) groups excluding carboxylic acids is 1. The highest BCUT2D eigenvalue weighted by molar-refractivity contribution is 5.74. The Morgan fingerprint density at radius 1 is 1.30 bits per heavy atom. The summed E-state index contributed by atoms with van der Waals surface area (Å²) in [6.07, 6.45) is 3.63. The first kappa shape index (κ1) is 17.8. The van der Waals surface area contributed by atoms with Crippen molar-refractivity contribution < 1.29 is 9.90 Å². The zero-order chi connectivity index (χ0) is 16.9. The van der Waals surface area contributed by atoms with E-state index in [2.05, 4.69) is 36.6 Å². The normalized spacial score (nSPS) is 23.1. The number of amides is 2. The number of aliphatic hydroxyl groups is 1. The minimum Gasteiger partial charge on any atom is -0.393 e. The molecule has 1 aromatic rings. The largest absolute Gasteiger partial charge is 0.393 e. The van der Waals surface area contributed by atoms with Crippen molar-refractivity contribution in [3.05, 3.63) is 35.9 Å². The van der Waals surface area contributed by atoms with Gasteiger partial charge >= 0.3 is 6.03 Å². The van der Waals surface area contributed by atoms with Gasteiger partial charge in [-0.3, -0.25) is 0 Å². The molecule has 4 nitrogen and oxygen atoms in total. The molecule has 0 bridgehead atoms. The van der Waals surface area contributed by atoms with Crippen LogP contribution in [0.15, 0.2) is 30.3 Å². The Labute approximate surface area is 139 Å². The third-order valence-electron chi connectivity index (χ3n) is 5.25. The highest BCUT2D eigenvalue weighted by Gasteiger charge is 2.29. The van der Waals surface area contributed by atoms with Gasteiger partial charge < -0.3 is 15.7 Å². The van der Waals surface area contributed by atoms with Crippen molar-refractivity contribution in [3.63, 3.8) is 0 Å². The van der Waals surface area contributed by atoms with E-state index >= 15 is 0 Å². The average molecular weight is 318 g/mol. The number of carbonyl (C=O) groups is 1. The Bertz CT molecular complexity index is 501. The fraction of sp³-hybridized carbons (Fsp3) is 0.632. The molecule has 1 aromatic carbocycles. The first-order valence-electron chi connectivity index (χ1n) is 8.67. The lowest BCUT2D eigenvalue weighted by Crippen LogP contribution is -2.50. The Hall–Kier alpha value is -1.55. The molecular formula is C19H30N2O2. The smallest absolute Gasteiger partial charge is 0.315 e. The SMILES string of the molecule is CC(NC(=O)NCC1CCCC(O)C1)C(C)(C)c1ccccc1. The van der Waals surface area contributed by atoms with Gasteiger partial charge in [-0.05, 0) is 37.7 Å². The van der Waals surface area contributed by atoms with Crippen LogP contribution in [0.2, 0.25) is 0 Å². The Balaban J connectivity index is 1.82. The van der Waals surface area contributed by atoms with Crippen molar-refractivity contribution in [2.24, 2.45) is 5.92 Å². The van der Waals surface area contributed by atoms with Gasteiger partial charge in [0.05, 0.1) is 6.10 Å². The topological polar surface area (TPSA) is 61.4 Å². The number of urea groups is 1. The highest BCUT2D eigenvalue weighted by atomic mass is 16.3. The maximum Gasteiger partial charge on any atom is 0.315 e. The van der Waals surface area contributed by atoms with Crippen LogP contribution >= 0.6 is 0 Å².